The highest BCUT2D eigenvalue weighted by Crippen LogP contribution is 2.12. The van der Waals surface area contributed by atoms with Gasteiger partial charge in [0.2, 0.25) is 0 Å². The van der Waals surface area contributed by atoms with Crippen molar-refractivity contribution in [3.05, 3.63) is 88.8 Å². The van der Waals surface area contributed by atoms with E-state index in [9.17, 15) is 4.79 Å². The van der Waals surface area contributed by atoms with E-state index in [1.54, 1.807) is 24.5 Å². The molecule has 0 fully saturated rings. The van der Waals surface area contributed by atoms with E-state index in [0.717, 1.165) is 11.3 Å². The van der Waals surface area contributed by atoms with Crippen molar-refractivity contribution in [3.63, 3.8) is 0 Å². The Labute approximate surface area is 151 Å². The van der Waals surface area contributed by atoms with Gasteiger partial charge >= 0.3 is 0 Å². The number of carbonyl (C=O) groups excluding carboxylic acids is 1. The molecule has 1 amide bonds. The molecule has 2 heterocycles. The first-order valence-electron chi connectivity index (χ1n) is 7.83. The monoisotopic (exact) mass is 352 g/mol. The maximum Gasteiger partial charge on any atom is 0.251 e. The van der Waals surface area contributed by atoms with Crippen LogP contribution >= 0.6 is 11.6 Å². The Hall–Kier alpha value is -2.92. The lowest BCUT2D eigenvalue weighted by Crippen LogP contribution is -2.23. The molecular formula is C19H17ClN4O. The van der Waals surface area contributed by atoms with Crippen molar-refractivity contribution < 1.29 is 4.79 Å². The largest absolute Gasteiger partial charge is 0.366 e. The van der Waals surface area contributed by atoms with Gasteiger partial charge < -0.3 is 10.6 Å². The van der Waals surface area contributed by atoms with Gasteiger partial charge in [-0.05, 0) is 42.0 Å². The molecule has 0 bridgehead atoms. The molecule has 0 saturated heterocycles. The van der Waals surface area contributed by atoms with E-state index >= 15 is 0 Å². The Morgan fingerprint density at radius 3 is 2.56 bits per heavy atom. The van der Waals surface area contributed by atoms with Crippen LogP contribution in [0.4, 0.5) is 5.82 Å². The van der Waals surface area contributed by atoms with Crippen molar-refractivity contribution >= 4 is 23.3 Å². The topological polar surface area (TPSA) is 66.9 Å². The minimum absolute atomic E-state index is 0.164. The fourth-order valence-electron chi connectivity index (χ4n) is 2.24. The van der Waals surface area contributed by atoms with Gasteiger partial charge in [0.15, 0.2) is 0 Å². The van der Waals surface area contributed by atoms with Crippen LogP contribution in [0.3, 0.4) is 0 Å². The second-order valence-corrected chi connectivity index (χ2v) is 5.85. The van der Waals surface area contributed by atoms with Crippen LogP contribution in [0.2, 0.25) is 5.02 Å². The predicted molar refractivity (Wildman–Crippen MR) is 98.4 cm³/mol. The van der Waals surface area contributed by atoms with Gasteiger partial charge in [0, 0.05) is 29.5 Å². The fraction of sp³-hybridized carbons (Fsp3) is 0.105. The number of amides is 1. The molecule has 6 heteroatoms. The van der Waals surface area contributed by atoms with E-state index in [2.05, 4.69) is 20.6 Å². The summed E-state index contributed by atoms with van der Waals surface area (Å²) in [5, 5.41) is 6.76. The van der Waals surface area contributed by atoms with Crippen molar-refractivity contribution in [1.29, 1.82) is 0 Å². The molecule has 3 aromatic rings. The van der Waals surface area contributed by atoms with E-state index in [1.165, 1.54) is 0 Å². The van der Waals surface area contributed by atoms with Gasteiger partial charge in [0.05, 0.1) is 12.2 Å². The minimum Gasteiger partial charge on any atom is -0.366 e. The lowest BCUT2D eigenvalue weighted by molar-refractivity contribution is 0.0950. The van der Waals surface area contributed by atoms with Crippen LogP contribution in [0.15, 0.2) is 67.0 Å². The first-order valence-corrected chi connectivity index (χ1v) is 8.21. The summed E-state index contributed by atoms with van der Waals surface area (Å²) < 4.78 is 0. The average Bonchev–Trinajstić information content (AvgIpc) is 2.67. The number of carbonyl (C=O) groups is 1. The first-order chi connectivity index (χ1) is 12.2. The number of hydrogen-bond donors (Lipinski definition) is 2. The summed E-state index contributed by atoms with van der Waals surface area (Å²) in [7, 11) is 0. The molecule has 0 aliphatic heterocycles. The highest BCUT2D eigenvalue weighted by Gasteiger charge is 2.07. The van der Waals surface area contributed by atoms with E-state index in [1.807, 2.05) is 42.5 Å². The number of rotatable bonds is 6. The maximum absolute atomic E-state index is 12.3. The summed E-state index contributed by atoms with van der Waals surface area (Å²) in [4.78, 5) is 20.7. The zero-order valence-corrected chi connectivity index (χ0v) is 14.2. The van der Waals surface area contributed by atoms with E-state index in [-0.39, 0.29) is 5.91 Å². The molecule has 126 valence electrons. The average molecular weight is 353 g/mol. The Bertz CT molecular complexity index is 838. The van der Waals surface area contributed by atoms with Crippen LogP contribution in [0.5, 0.6) is 0 Å². The molecule has 0 aliphatic carbocycles. The molecule has 5 nitrogen and oxygen atoms in total. The molecule has 2 aromatic heterocycles. The number of pyridine rings is 2. The molecular weight excluding hydrogens is 336 g/mol. The Kier molecular flexibility index (Phi) is 5.59. The lowest BCUT2D eigenvalue weighted by Gasteiger charge is -2.08. The van der Waals surface area contributed by atoms with E-state index in [0.29, 0.717) is 29.5 Å². The second-order valence-electron chi connectivity index (χ2n) is 5.41. The Balaban J connectivity index is 1.58. The zero-order valence-electron chi connectivity index (χ0n) is 13.4. The van der Waals surface area contributed by atoms with Gasteiger partial charge in [-0.2, -0.15) is 0 Å². The molecule has 0 atom stereocenters. The van der Waals surface area contributed by atoms with Crippen molar-refractivity contribution in [2.24, 2.45) is 0 Å². The number of anilines is 1. The van der Waals surface area contributed by atoms with Crippen LogP contribution in [-0.4, -0.2) is 15.9 Å². The standard InChI is InChI=1S/C19H17ClN4O/c20-16-6-4-14(5-7-16)12-23-18-11-15(8-10-22-18)19(25)24-13-17-3-1-2-9-21-17/h1-11H,12-13H2,(H,22,23)(H,24,25). The van der Waals surface area contributed by atoms with E-state index in [4.69, 9.17) is 11.6 Å². The zero-order chi connectivity index (χ0) is 17.5. The third kappa shape index (κ3) is 5.02. The van der Waals surface area contributed by atoms with Gasteiger partial charge in [-0.3, -0.25) is 9.78 Å². The highest BCUT2D eigenvalue weighted by molar-refractivity contribution is 6.30. The van der Waals surface area contributed by atoms with Crippen molar-refractivity contribution in [3.8, 4) is 0 Å². The normalized spacial score (nSPS) is 10.3. The van der Waals surface area contributed by atoms with Crippen LogP contribution in [-0.2, 0) is 13.1 Å². The van der Waals surface area contributed by atoms with Gasteiger partial charge in [0.25, 0.3) is 5.91 Å². The number of benzene rings is 1. The SMILES string of the molecule is O=C(NCc1ccccn1)c1ccnc(NCc2ccc(Cl)cc2)c1. The van der Waals surface area contributed by atoms with E-state index < -0.39 is 0 Å². The third-order valence-corrected chi connectivity index (χ3v) is 3.82. The maximum atomic E-state index is 12.3. The summed E-state index contributed by atoms with van der Waals surface area (Å²) in [5.41, 5.74) is 2.44. The molecule has 2 N–H and O–H groups in total. The van der Waals surface area contributed by atoms with Gasteiger partial charge in [0.1, 0.15) is 5.82 Å². The number of hydrogen-bond acceptors (Lipinski definition) is 4. The Morgan fingerprint density at radius 2 is 1.80 bits per heavy atom. The molecule has 0 aliphatic rings. The van der Waals surface area contributed by atoms with Gasteiger partial charge in [-0.15, -0.1) is 0 Å². The van der Waals surface area contributed by atoms with Crippen molar-refractivity contribution in [1.82, 2.24) is 15.3 Å². The molecule has 25 heavy (non-hydrogen) atoms. The lowest BCUT2D eigenvalue weighted by atomic mass is 10.2. The summed E-state index contributed by atoms with van der Waals surface area (Å²) in [6, 6.07) is 16.6. The summed E-state index contributed by atoms with van der Waals surface area (Å²) in [5.74, 6) is 0.475. The molecule has 0 radical (unpaired) electrons. The summed E-state index contributed by atoms with van der Waals surface area (Å²) in [6.07, 6.45) is 3.31. The molecule has 0 unspecified atom stereocenters. The molecule has 0 saturated carbocycles. The minimum atomic E-state index is -0.164. The van der Waals surface area contributed by atoms with Crippen LogP contribution < -0.4 is 10.6 Å². The van der Waals surface area contributed by atoms with Gasteiger partial charge in [-0.25, -0.2) is 4.98 Å². The van der Waals surface area contributed by atoms with Crippen LogP contribution in [0, 0.1) is 0 Å². The molecule has 1 aromatic carbocycles. The van der Waals surface area contributed by atoms with Crippen LogP contribution in [0.1, 0.15) is 21.6 Å². The fourth-order valence-corrected chi connectivity index (χ4v) is 2.36. The number of halogens is 1. The molecule has 0 spiro atoms. The number of nitrogens with one attached hydrogen (secondary N) is 2. The Morgan fingerprint density at radius 1 is 0.960 bits per heavy atom. The summed E-state index contributed by atoms with van der Waals surface area (Å²) >= 11 is 5.88. The first kappa shape index (κ1) is 16.9. The quantitative estimate of drug-likeness (QED) is 0.710. The van der Waals surface area contributed by atoms with Crippen molar-refractivity contribution in [2.45, 2.75) is 13.1 Å². The second kappa shape index (κ2) is 8.26. The molecule has 3 rings (SSSR count). The van der Waals surface area contributed by atoms with Crippen LogP contribution in [0.25, 0.3) is 0 Å². The van der Waals surface area contributed by atoms with Crippen molar-refractivity contribution in [2.75, 3.05) is 5.32 Å². The predicted octanol–water partition coefficient (Wildman–Crippen LogP) is 3.67. The van der Waals surface area contributed by atoms with Gasteiger partial charge in [-0.1, -0.05) is 29.8 Å². The number of aromatic nitrogens is 2. The highest BCUT2D eigenvalue weighted by atomic mass is 35.5. The smallest absolute Gasteiger partial charge is 0.251 e. The summed E-state index contributed by atoms with van der Waals surface area (Å²) in [6.45, 7) is 0.985. The number of nitrogens with zero attached hydrogens (tertiary/aromatic N) is 2. The third-order valence-electron chi connectivity index (χ3n) is 3.57.